The summed E-state index contributed by atoms with van der Waals surface area (Å²) in [6, 6.07) is 12.7. The van der Waals surface area contributed by atoms with Crippen LogP contribution in [0.3, 0.4) is 0 Å². The molecular formula is C17H17N3O2. The van der Waals surface area contributed by atoms with E-state index >= 15 is 0 Å². The summed E-state index contributed by atoms with van der Waals surface area (Å²) < 4.78 is 0. The second-order valence-electron chi connectivity index (χ2n) is 5.33. The number of rotatable bonds is 2. The number of aryl methyl sites for hydroxylation is 2. The molecule has 1 atom stereocenters. The van der Waals surface area contributed by atoms with Gasteiger partial charge in [-0.15, -0.1) is 5.10 Å². The van der Waals surface area contributed by atoms with Crippen molar-refractivity contribution < 1.29 is 10.3 Å². The molecule has 0 bridgehead atoms. The average Bonchev–Trinajstić information content (AvgIpc) is 2.53. The SMILES string of the molecule is Cc1ccc(C)c(C2C(c3ccccc3)=NN=CN2O)c1O. The highest BCUT2D eigenvalue weighted by molar-refractivity contribution is 6.06. The lowest BCUT2D eigenvalue weighted by Crippen LogP contribution is -2.34. The lowest BCUT2D eigenvalue weighted by molar-refractivity contribution is -0.0297. The van der Waals surface area contributed by atoms with Crippen LogP contribution in [0.2, 0.25) is 0 Å². The number of nitrogens with zero attached hydrogens (tertiary/aromatic N) is 3. The molecule has 5 heteroatoms. The maximum Gasteiger partial charge on any atom is 0.139 e. The molecule has 112 valence electrons. The zero-order chi connectivity index (χ0) is 15.7. The summed E-state index contributed by atoms with van der Waals surface area (Å²) in [6.45, 7) is 3.73. The number of hydrogen-bond acceptors (Lipinski definition) is 5. The van der Waals surface area contributed by atoms with Gasteiger partial charge in [-0.25, -0.2) is 5.06 Å². The summed E-state index contributed by atoms with van der Waals surface area (Å²) in [6.07, 6.45) is 1.25. The summed E-state index contributed by atoms with van der Waals surface area (Å²) in [4.78, 5) is 0. The van der Waals surface area contributed by atoms with E-state index in [1.165, 1.54) is 6.34 Å². The van der Waals surface area contributed by atoms with Crippen LogP contribution in [0.5, 0.6) is 5.75 Å². The highest BCUT2D eigenvalue weighted by atomic mass is 16.5. The summed E-state index contributed by atoms with van der Waals surface area (Å²) in [5, 5.41) is 29.8. The van der Waals surface area contributed by atoms with Crippen LogP contribution < -0.4 is 0 Å². The van der Waals surface area contributed by atoms with Crippen molar-refractivity contribution >= 4 is 12.1 Å². The van der Waals surface area contributed by atoms with Gasteiger partial charge in [0, 0.05) is 11.1 Å². The normalized spacial score (nSPS) is 17.5. The molecule has 22 heavy (non-hydrogen) atoms. The van der Waals surface area contributed by atoms with Crippen molar-refractivity contribution in [3.63, 3.8) is 0 Å². The van der Waals surface area contributed by atoms with Gasteiger partial charge >= 0.3 is 0 Å². The van der Waals surface area contributed by atoms with Crippen molar-refractivity contribution in [3.8, 4) is 5.75 Å². The standard InChI is InChI=1S/C17H17N3O2/c1-11-8-9-12(2)17(21)14(11)16-15(19-18-10-20(16)22)13-6-4-3-5-7-13/h3-10,16,21-22H,1-2H3. The molecule has 2 aromatic carbocycles. The van der Waals surface area contributed by atoms with Gasteiger partial charge in [-0.05, 0) is 25.0 Å². The molecular weight excluding hydrogens is 278 g/mol. The highest BCUT2D eigenvalue weighted by Crippen LogP contribution is 2.36. The van der Waals surface area contributed by atoms with Gasteiger partial charge in [-0.1, -0.05) is 42.5 Å². The second kappa shape index (κ2) is 5.61. The number of aromatic hydroxyl groups is 1. The van der Waals surface area contributed by atoms with Crippen LogP contribution in [-0.2, 0) is 0 Å². The van der Waals surface area contributed by atoms with Crippen LogP contribution in [-0.4, -0.2) is 27.4 Å². The van der Waals surface area contributed by atoms with Crippen LogP contribution in [0.1, 0.15) is 28.3 Å². The predicted octanol–water partition coefficient (Wildman–Crippen LogP) is 3.19. The molecule has 2 aromatic rings. The topological polar surface area (TPSA) is 68.4 Å². The first kappa shape index (κ1) is 14.3. The molecule has 0 saturated heterocycles. The molecule has 1 unspecified atom stereocenters. The van der Waals surface area contributed by atoms with Gasteiger partial charge in [-0.2, -0.15) is 5.10 Å². The van der Waals surface area contributed by atoms with Crippen LogP contribution in [0.25, 0.3) is 0 Å². The molecule has 0 spiro atoms. The van der Waals surface area contributed by atoms with Crippen LogP contribution in [0.15, 0.2) is 52.7 Å². The maximum absolute atomic E-state index is 10.5. The lowest BCUT2D eigenvalue weighted by Gasteiger charge is -2.29. The summed E-state index contributed by atoms with van der Waals surface area (Å²) >= 11 is 0. The fraction of sp³-hybridized carbons (Fsp3) is 0.176. The first-order valence-corrected chi connectivity index (χ1v) is 7.02. The van der Waals surface area contributed by atoms with Crippen molar-refractivity contribution in [2.24, 2.45) is 10.2 Å². The molecule has 1 aliphatic rings. The van der Waals surface area contributed by atoms with Crippen LogP contribution >= 0.6 is 0 Å². The molecule has 5 nitrogen and oxygen atoms in total. The fourth-order valence-electron chi connectivity index (χ4n) is 2.64. The Morgan fingerprint density at radius 2 is 1.68 bits per heavy atom. The monoisotopic (exact) mass is 295 g/mol. The van der Waals surface area contributed by atoms with Crippen molar-refractivity contribution in [3.05, 3.63) is 64.7 Å². The summed E-state index contributed by atoms with van der Waals surface area (Å²) in [7, 11) is 0. The Hall–Kier alpha value is -2.66. The molecule has 3 rings (SSSR count). The minimum absolute atomic E-state index is 0.169. The fourth-order valence-corrected chi connectivity index (χ4v) is 2.64. The number of hydroxylamine groups is 2. The molecule has 0 aliphatic carbocycles. The molecule has 1 aliphatic heterocycles. The Balaban J connectivity index is 2.18. The number of phenols is 1. The van der Waals surface area contributed by atoms with Gasteiger partial charge < -0.3 is 5.11 Å². The zero-order valence-corrected chi connectivity index (χ0v) is 12.4. The summed E-state index contributed by atoms with van der Waals surface area (Å²) in [5.74, 6) is 0.169. The van der Waals surface area contributed by atoms with E-state index in [-0.39, 0.29) is 5.75 Å². The van der Waals surface area contributed by atoms with E-state index in [0.29, 0.717) is 11.3 Å². The number of hydrogen-bond donors (Lipinski definition) is 2. The van der Waals surface area contributed by atoms with E-state index in [9.17, 15) is 10.3 Å². The maximum atomic E-state index is 10.5. The summed E-state index contributed by atoms with van der Waals surface area (Å²) in [5.41, 5.74) is 3.71. The van der Waals surface area contributed by atoms with Crippen molar-refractivity contribution in [2.75, 3.05) is 0 Å². The molecule has 0 amide bonds. The quantitative estimate of drug-likeness (QED) is 0.894. The van der Waals surface area contributed by atoms with E-state index in [1.807, 2.05) is 56.3 Å². The largest absolute Gasteiger partial charge is 0.507 e. The Bertz CT molecular complexity index is 754. The number of phenolic OH excluding ortho intramolecular Hbond substituents is 1. The van der Waals surface area contributed by atoms with Gasteiger partial charge in [0.1, 0.15) is 23.8 Å². The molecule has 0 aromatic heterocycles. The highest BCUT2D eigenvalue weighted by Gasteiger charge is 2.31. The Labute approximate surface area is 128 Å². The van der Waals surface area contributed by atoms with Gasteiger partial charge in [0.2, 0.25) is 0 Å². The first-order chi connectivity index (χ1) is 10.6. The third kappa shape index (κ3) is 2.35. The van der Waals surface area contributed by atoms with Gasteiger partial charge in [0.15, 0.2) is 0 Å². The van der Waals surface area contributed by atoms with Crippen LogP contribution in [0, 0.1) is 13.8 Å². The van der Waals surface area contributed by atoms with Crippen LogP contribution in [0.4, 0.5) is 0 Å². The minimum Gasteiger partial charge on any atom is -0.507 e. The Morgan fingerprint density at radius 1 is 1.00 bits per heavy atom. The van der Waals surface area contributed by atoms with E-state index < -0.39 is 6.04 Å². The van der Waals surface area contributed by atoms with E-state index in [0.717, 1.165) is 21.8 Å². The minimum atomic E-state index is -0.597. The third-order valence-corrected chi connectivity index (χ3v) is 3.84. The van der Waals surface area contributed by atoms with Gasteiger partial charge in [-0.3, -0.25) is 5.21 Å². The molecule has 2 N–H and O–H groups in total. The van der Waals surface area contributed by atoms with E-state index in [2.05, 4.69) is 10.2 Å². The van der Waals surface area contributed by atoms with Gasteiger partial charge in [0.05, 0.1) is 0 Å². The number of benzene rings is 2. The van der Waals surface area contributed by atoms with Crippen molar-refractivity contribution in [2.45, 2.75) is 19.9 Å². The second-order valence-corrected chi connectivity index (χ2v) is 5.33. The van der Waals surface area contributed by atoms with Crippen molar-refractivity contribution in [1.82, 2.24) is 5.06 Å². The smallest absolute Gasteiger partial charge is 0.139 e. The third-order valence-electron chi connectivity index (χ3n) is 3.84. The average molecular weight is 295 g/mol. The van der Waals surface area contributed by atoms with E-state index in [4.69, 9.17) is 0 Å². The zero-order valence-electron chi connectivity index (χ0n) is 12.4. The van der Waals surface area contributed by atoms with Crippen molar-refractivity contribution in [1.29, 1.82) is 0 Å². The predicted molar refractivity (Wildman–Crippen MR) is 85.4 cm³/mol. The molecule has 0 radical (unpaired) electrons. The molecule has 0 fully saturated rings. The first-order valence-electron chi connectivity index (χ1n) is 7.02. The molecule has 0 saturated carbocycles. The Kier molecular flexibility index (Phi) is 3.65. The van der Waals surface area contributed by atoms with Gasteiger partial charge in [0.25, 0.3) is 0 Å². The Morgan fingerprint density at radius 3 is 2.41 bits per heavy atom. The van der Waals surface area contributed by atoms with E-state index in [1.54, 1.807) is 0 Å². The molecule has 1 heterocycles. The lowest BCUT2D eigenvalue weighted by atomic mass is 9.91.